The first kappa shape index (κ1) is 16.7. The lowest BCUT2D eigenvalue weighted by Crippen LogP contribution is -2.50. The molecule has 1 aliphatic heterocycles. The topological polar surface area (TPSA) is 50.4 Å². The second kappa shape index (κ2) is 7.45. The van der Waals surface area contributed by atoms with Crippen molar-refractivity contribution in [3.05, 3.63) is 29.6 Å². The Bertz CT molecular complexity index is 470. The van der Waals surface area contributed by atoms with E-state index in [0.717, 1.165) is 13.0 Å². The Balaban J connectivity index is 0.00000200. The van der Waals surface area contributed by atoms with Gasteiger partial charge >= 0.3 is 0 Å². The summed E-state index contributed by atoms with van der Waals surface area (Å²) in [6.45, 7) is 3.75. The molecule has 0 spiro atoms. The maximum absolute atomic E-state index is 13.8. The van der Waals surface area contributed by atoms with Gasteiger partial charge in [0.1, 0.15) is 17.1 Å². The normalized spacial score (nSPS) is 21.8. The minimum absolute atomic E-state index is 0. The van der Waals surface area contributed by atoms with Gasteiger partial charge in [-0.25, -0.2) is 4.39 Å². The molecule has 20 heavy (non-hydrogen) atoms. The van der Waals surface area contributed by atoms with Crippen molar-refractivity contribution in [2.24, 2.45) is 5.92 Å². The highest BCUT2D eigenvalue weighted by atomic mass is 35.5. The number of carbonyl (C=O) groups excluding carboxylic acids is 1. The Morgan fingerprint density at radius 2 is 2.25 bits per heavy atom. The Labute approximate surface area is 124 Å². The highest BCUT2D eigenvalue weighted by Crippen LogP contribution is 2.22. The van der Waals surface area contributed by atoms with Crippen molar-refractivity contribution in [1.82, 2.24) is 10.6 Å². The van der Waals surface area contributed by atoms with Crippen molar-refractivity contribution < 1.29 is 13.9 Å². The first-order valence-corrected chi connectivity index (χ1v) is 6.47. The van der Waals surface area contributed by atoms with Crippen LogP contribution in [-0.4, -0.2) is 32.1 Å². The number of halogens is 2. The number of carbonyl (C=O) groups is 1. The largest absolute Gasteiger partial charge is 0.496 e. The molecule has 2 N–H and O–H groups in total. The summed E-state index contributed by atoms with van der Waals surface area (Å²) in [4.78, 5) is 12.2. The summed E-state index contributed by atoms with van der Waals surface area (Å²) in [5.74, 6) is -0.347. The first-order valence-electron chi connectivity index (χ1n) is 6.47. The minimum Gasteiger partial charge on any atom is -0.496 e. The number of hydrogen-bond acceptors (Lipinski definition) is 3. The molecule has 6 heteroatoms. The van der Waals surface area contributed by atoms with Crippen molar-refractivity contribution in [1.29, 1.82) is 0 Å². The van der Waals surface area contributed by atoms with Crippen LogP contribution in [0, 0.1) is 11.7 Å². The van der Waals surface area contributed by atoms with E-state index in [1.54, 1.807) is 6.07 Å². The highest BCUT2D eigenvalue weighted by molar-refractivity contribution is 5.97. The fourth-order valence-corrected chi connectivity index (χ4v) is 2.32. The summed E-state index contributed by atoms with van der Waals surface area (Å²) >= 11 is 0. The fourth-order valence-electron chi connectivity index (χ4n) is 2.32. The number of ether oxygens (including phenoxy) is 1. The lowest BCUT2D eigenvalue weighted by molar-refractivity contribution is 0.0908. The molecule has 112 valence electrons. The van der Waals surface area contributed by atoms with Gasteiger partial charge in [-0.2, -0.15) is 0 Å². The number of nitrogens with one attached hydrogen (secondary N) is 2. The van der Waals surface area contributed by atoms with Gasteiger partial charge in [0.2, 0.25) is 0 Å². The molecule has 1 amide bonds. The predicted molar refractivity (Wildman–Crippen MR) is 78.1 cm³/mol. The van der Waals surface area contributed by atoms with Gasteiger partial charge in [-0.15, -0.1) is 12.4 Å². The molecule has 0 saturated carbocycles. The van der Waals surface area contributed by atoms with Crippen molar-refractivity contribution in [2.45, 2.75) is 19.4 Å². The Kier molecular flexibility index (Phi) is 6.23. The summed E-state index contributed by atoms with van der Waals surface area (Å²) in [6.07, 6.45) is 0.999. The summed E-state index contributed by atoms with van der Waals surface area (Å²) in [7, 11) is 1.43. The average Bonchev–Trinajstić information content (AvgIpc) is 2.40. The van der Waals surface area contributed by atoms with Gasteiger partial charge in [0.15, 0.2) is 0 Å². The van der Waals surface area contributed by atoms with Gasteiger partial charge in [0.25, 0.3) is 5.91 Å². The molecular weight excluding hydrogens is 283 g/mol. The van der Waals surface area contributed by atoms with Crippen LogP contribution in [0.25, 0.3) is 0 Å². The number of hydrogen-bond donors (Lipinski definition) is 2. The quantitative estimate of drug-likeness (QED) is 0.898. The standard InChI is InChI=1S/C14H19FN2O2.ClH/c1-9-6-7-16-8-11(9)17-14(18)13-10(15)4-3-5-12(13)19-2;/h3-5,9,11,16H,6-8H2,1-2H3,(H,17,18);1H. The molecule has 1 aromatic rings. The van der Waals surface area contributed by atoms with Crippen LogP contribution in [0.1, 0.15) is 23.7 Å². The Morgan fingerprint density at radius 1 is 1.50 bits per heavy atom. The highest BCUT2D eigenvalue weighted by Gasteiger charge is 2.25. The van der Waals surface area contributed by atoms with Gasteiger partial charge in [0.05, 0.1) is 7.11 Å². The first-order chi connectivity index (χ1) is 9.13. The van der Waals surface area contributed by atoms with E-state index in [9.17, 15) is 9.18 Å². The van der Waals surface area contributed by atoms with Gasteiger partial charge in [-0.05, 0) is 31.0 Å². The zero-order chi connectivity index (χ0) is 13.8. The molecule has 0 aromatic heterocycles. The zero-order valence-corrected chi connectivity index (χ0v) is 12.4. The lowest BCUT2D eigenvalue weighted by Gasteiger charge is -2.30. The van der Waals surface area contributed by atoms with Crippen LogP contribution < -0.4 is 15.4 Å². The molecular formula is C14H20ClFN2O2. The third-order valence-corrected chi connectivity index (χ3v) is 3.57. The molecule has 1 aromatic carbocycles. The molecule has 2 atom stereocenters. The number of methoxy groups -OCH3 is 1. The summed E-state index contributed by atoms with van der Waals surface area (Å²) < 4.78 is 18.8. The SMILES string of the molecule is COc1cccc(F)c1C(=O)NC1CNCCC1C.Cl. The Morgan fingerprint density at radius 3 is 2.90 bits per heavy atom. The summed E-state index contributed by atoms with van der Waals surface area (Å²) in [5.41, 5.74) is -0.0252. The van der Waals surface area contributed by atoms with Gasteiger partial charge in [0, 0.05) is 12.6 Å². The molecule has 1 heterocycles. The maximum atomic E-state index is 13.8. The van der Waals surface area contributed by atoms with Gasteiger partial charge < -0.3 is 15.4 Å². The molecule has 1 fully saturated rings. The molecule has 1 saturated heterocycles. The van der Waals surface area contributed by atoms with Crippen LogP contribution >= 0.6 is 12.4 Å². The third kappa shape index (κ3) is 3.61. The predicted octanol–water partition coefficient (Wildman–Crippen LogP) is 1.98. The van der Waals surface area contributed by atoms with E-state index in [2.05, 4.69) is 17.6 Å². The molecule has 2 rings (SSSR count). The van der Waals surface area contributed by atoms with Crippen LogP contribution in [0.15, 0.2) is 18.2 Å². The van der Waals surface area contributed by atoms with E-state index in [-0.39, 0.29) is 29.8 Å². The van der Waals surface area contributed by atoms with E-state index in [4.69, 9.17) is 4.74 Å². The van der Waals surface area contributed by atoms with Gasteiger partial charge in [-0.3, -0.25) is 4.79 Å². The molecule has 2 unspecified atom stereocenters. The third-order valence-electron chi connectivity index (χ3n) is 3.57. The van der Waals surface area contributed by atoms with Crippen molar-refractivity contribution in [3.8, 4) is 5.75 Å². The van der Waals surface area contributed by atoms with E-state index in [1.807, 2.05) is 0 Å². The summed E-state index contributed by atoms with van der Waals surface area (Å²) in [5, 5.41) is 6.10. The second-order valence-electron chi connectivity index (χ2n) is 4.87. The van der Waals surface area contributed by atoms with Crippen molar-refractivity contribution in [3.63, 3.8) is 0 Å². The molecule has 0 bridgehead atoms. The maximum Gasteiger partial charge on any atom is 0.258 e. The van der Waals surface area contributed by atoms with Crippen LogP contribution in [-0.2, 0) is 0 Å². The van der Waals surface area contributed by atoms with Crippen LogP contribution in [0.3, 0.4) is 0 Å². The number of rotatable bonds is 3. The van der Waals surface area contributed by atoms with Crippen LogP contribution in [0.4, 0.5) is 4.39 Å². The van der Waals surface area contributed by atoms with Crippen LogP contribution in [0.2, 0.25) is 0 Å². The van der Waals surface area contributed by atoms with Crippen LogP contribution in [0.5, 0.6) is 5.75 Å². The molecule has 0 radical (unpaired) electrons. The fraction of sp³-hybridized carbons (Fsp3) is 0.500. The van der Waals surface area contributed by atoms with Crippen molar-refractivity contribution >= 4 is 18.3 Å². The van der Waals surface area contributed by atoms with E-state index < -0.39 is 11.7 Å². The van der Waals surface area contributed by atoms with Crippen molar-refractivity contribution in [2.75, 3.05) is 20.2 Å². The van der Waals surface area contributed by atoms with Gasteiger partial charge in [-0.1, -0.05) is 13.0 Å². The zero-order valence-electron chi connectivity index (χ0n) is 11.6. The van der Waals surface area contributed by atoms with E-state index in [0.29, 0.717) is 12.5 Å². The Hall–Kier alpha value is -1.33. The summed E-state index contributed by atoms with van der Waals surface area (Å²) in [6, 6.07) is 4.39. The lowest BCUT2D eigenvalue weighted by atomic mass is 9.94. The minimum atomic E-state index is -0.562. The van der Waals surface area contributed by atoms with E-state index >= 15 is 0 Å². The van der Waals surface area contributed by atoms with E-state index in [1.165, 1.54) is 19.2 Å². The monoisotopic (exact) mass is 302 g/mol. The molecule has 0 aliphatic carbocycles. The average molecular weight is 303 g/mol. The molecule has 1 aliphatic rings. The number of piperidine rings is 1. The number of amides is 1. The molecule has 4 nitrogen and oxygen atoms in total. The number of benzene rings is 1. The smallest absolute Gasteiger partial charge is 0.258 e. The second-order valence-corrected chi connectivity index (χ2v) is 4.87.